The summed E-state index contributed by atoms with van der Waals surface area (Å²) in [5.41, 5.74) is 0.481. The van der Waals surface area contributed by atoms with Crippen molar-refractivity contribution in [3.05, 3.63) is 53.9 Å². The zero-order valence-electron chi connectivity index (χ0n) is 12.5. The third-order valence-corrected chi connectivity index (χ3v) is 3.05. The number of halogens is 3. The second-order valence-corrected chi connectivity index (χ2v) is 4.87. The summed E-state index contributed by atoms with van der Waals surface area (Å²) in [5, 5.41) is 18.6. The molecule has 7 nitrogen and oxygen atoms in total. The number of rotatable bonds is 6. The van der Waals surface area contributed by atoms with Crippen molar-refractivity contribution in [2.45, 2.75) is 18.8 Å². The van der Waals surface area contributed by atoms with Gasteiger partial charge >= 0.3 is 12.3 Å². The van der Waals surface area contributed by atoms with E-state index in [1.807, 2.05) is 0 Å². The first-order valence-electron chi connectivity index (χ1n) is 6.89. The van der Waals surface area contributed by atoms with Gasteiger partial charge in [-0.1, -0.05) is 12.1 Å². The summed E-state index contributed by atoms with van der Waals surface area (Å²) in [4.78, 5) is 23.1. The van der Waals surface area contributed by atoms with Gasteiger partial charge < -0.3 is 15.2 Å². The molecule has 2 N–H and O–H groups in total. The number of carboxylic acids is 1. The fraction of sp³-hybridized carbons (Fsp3) is 0.200. The zero-order chi connectivity index (χ0) is 18.4. The van der Waals surface area contributed by atoms with E-state index in [2.05, 4.69) is 20.3 Å². The number of amides is 1. The first kappa shape index (κ1) is 18.2. The summed E-state index contributed by atoms with van der Waals surface area (Å²) in [7, 11) is 0. The summed E-state index contributed by atoms with van der Waals surface area (Å²) in [6.45, 7) is 0. The highest BCUT2D eigenvalue weighted by molar-refractivity contribution is 5.94. The van der Waals surface area contributed by atoms with Crippen molar-refractivity contribution in [3.63, 3.8) is 0 Å². The highest BCUT2D eigenvalue weighted by Gasteiger charge is 2.31. The number of carboxylic acid groups (broad SMARTS) is 1. The number of aromatic nitrogens is 2. The molecule has 1 aromatic carbocycles. The molecule has 0 radical (unpaired) electrons. The third-order valence-electron chi connectivity index (χ3n) is 3.05. The Morgan fingerprint density at radius 1 is 1.16 bits per heavy atom. The van der Waals surface area contributed by atoms with E-state index in [9.17, 15) is 22.8 Å². The molecule has 0 unspecified atom stereocenters. The second kappa shape index (κ2) is 7.60. The normalized spacial score (nSPS) is 12.3. The van der Waals surface area contributed by atoms with Gasteiger partial charge in [-0.15, -0.1) is 13.2 Å². The zero-order valence-corrected chi connectivity index (χ0v) is 12.5. The first-order valence-corrected chi connectivity index (χ1v) is 6.89. The minimum atomic E-state index is -4.83. The molecule has 1 aromatic heterocycles. The van der Waals surface area contributed by atoms with Crippen LogP contribution in [0.5, 0.6) is 5.75 Å². The fourth-order valence-electron chi connectivity index (χ4n) is 2.00. The van der Waals surface area contributed by atoms with Crippen molar-refractivity contribution in [1.29, 1.82) is 0 Å². The van der Waals surface area contributed by atoms with Crippen LogP contribution in [0.15, 0.2) is 42.7 Å². The molecule has 0 spiro atoms. The van der Waals surface area contributed by atoms with Crippen molar-refractivity contribution in [2.75, 3.05) is 0 Å². The van der Waals surface area contributed by atoms with E-state index < -0.39 is 36.5 Å². The Hall–Kier alpha value is -3.17. The number of carbonyl (C=O) groups is 2. The van der Waals surface area contributed by atoms with Gasteiger partial charge in [0.2, 0.25) is 0 Å². The lowest BCUT2D eigenvalue weighted by molar-refractivity contribution is -0.274. The minimum absolute atomic E-state index is 0.169. The van der Waals surface area contributed by atoms with Crippen LogP contribution >= 0.6 is 0 Å². The Labute approximate surface area is 139 Å². The average Bonchev–Trinajstić information content (AvgIpc) is 2.54. The number of ether oxygens (including phenoxy) is 1. The monoisotopic (exact) mass is 355 g/mol. The first-order chi connectivity index (χ1) is 11.7. The van der Waals surface area contributed by atoms with Gasteiger partial charge in [0.15, 0.2) is 0 Å². The molecule has 1 atom stereocenters. The number of nitrogens with zero attached hydrogens (tertiary/aromatic N) is 2. The number of alkyl halides is 3. The SMILES string of the molecule is O=C(O)C[C@@H](NC(=O)c1ccnnc1)c1ccc(OC(F)(F)F)cc1. The molecule has 2 aromatic rings. The molecule has 0 saturated carbocycles. The van der Waals surface area contributed by atoms with Crippen molar-refractivity contribution in [1.82, 2.24) is 15.5 Å². The molecule has 0 fully saturated rings. The highest BCUT2D eigenvalue weighted by Crippen LogP contribution is 2.25. The Morgan fingerprint density at radius 2 is 1.84 bits per heavy atom. The topological polar surface area (TPSA) is 101 Å². The lowest BCUT2D eigenvalue weighted by Gasteiger charge is -2.18. The van der Waals surface area contributed by atoms with Gasteiger partial charge in [-0.25, -0.2) is 0 Å². The summed E-state index contributed by atoms with van der Waals surface area (Å²) < 4.78 is 40.2. The van der Waals surface area contributed by atoms with Gasteiger partial charge in [-0.2, -0.15) is 10.2 Å². The van der Waals surface area contributed by atoms with Crippen LogP contribution in [-0.4, -0.2) is 33.5 Å². The molecule has 0 aliphatic rings. The Bertz CT molecular complexity index is 736. The van der Waals surface area contributed by atoms with Crippen LogP contribution < -0.4 is 10.1 Å². The van der Waals surface area contributed by atoms with Gasteiger partial charge in [0.25, 0.3) is 5.91 Å². The molecule has 132 valence electrons. The Kier molecular flexibility index (Phi) is 5.52. The molecular formula is C15H12F3N3O4. The van der Waals surface area contributed by atoms with E-state index in [4.69, 9.17) is 5.11 Å². The van der Waals surface area contributed by atoms with Crippen LogP contribution in [-0.2, 0) is 4.79 Å². The maximum absolute atomic E-state index is 12.2. The van der Waals surface area contributed by atoms with E-state index in [1.165, 1.54) is 30.6 Å². The van der Waals surface area contributed by atoms with Crippen molar-refractivity contribution >= 4 is 11.9 Å². The van der Waals surface area contributed by atoms with Gasteiger partial charge in [0, 0.05) is 0 Å². The number of carbonyl (C=O) groups excluding carboxylic acids is 1. The summed E-state index contributed by atoms with van der Waals surface area (Å²) in [6, 6.07) is 5.02. The second-order valence-electron chi connectivity index (χ2n) is 4.87. The van der Waals surface area contributed by atoms with Gasteiger partial charge in [0.1, 0.15) is 5.75 Å². The number of hydrogen-bond donors (Lipinski definition) is 2. The number of benzene rings is 1. The molecule has 2 rings (SSSR count). The van der Waals surface area contributed by atoms with Crippen molar-refractivity contribution in [2.24, 2.45) is 0 Å². The van der Waals surface area contributed by atoms with Gasteiger partial charge in [0.05, 0.1) is 30.4 Å². The standard InChI is InChI=1S/C15H12F3N3O4/c16-15(17,18)25-11-3-1-9(2-4-11)12(7-13(22)23)21-14(24)10-5-6-19-20-8-10/h1-6,8,12H,7H2,(H,21,24)(H,22,23)/t12-/m1/s1. The van der Waals surface area contributed by atoms with Crippen molar-refractivity contribution in [3.8, 4) is 5.75 Å². The van der Waals surface area contributed by atoms with Crippen LogP contribution in [0.25, 0.3) is 0 Å². The molecule has 1 amide bonds. The Morgan fingerprint density at radius 3 is 2.36 bits per heavy atom. The van der Waals surface area contributed by atoms with Crippen LogP contribution in [0.1, 0.15) is 28.4 Å². The third kappa shape index (κ3) is 5.75. The molecule has 0 bridgehead atoms. The maximum atomic E-state index is 12.2. The predicted molar refractivity (Wildman–Crippen MR) is 77.6 cm³/mol. The summed E-state index contributed by atoms with van der Waals surface area (Å²) in [6.07, 6.45) is -2.79. The number of aliphatic carboxylic acids is 1. The molecular weight excluding hydrogens is 343 g/mol. The van der Waals surface area contributed by atoms with E-state index in [0.29, 0.717) is 5.56 Å². The Balaban J connectivity index is 2.16. The van der Waals surface area contributed by atoms with E-state index in [0.717, 1.165) is 12.1 Å². The van der Waals surface area contributed by atoms with Gasteiger partial charge in [-0.3, -0.25) is 9.59 Å². The quantitative estimate of drug-likeness (QED) is 0.825. The fourth-order valence-corrected chi connectivity index (χ4v) is 2.00. The molecule has 1 heterocycles. The van der Waals surface area contributed by atoms with Crippen LogP contribution in [0.3, 0.4) is 0 Å². The molecule has 0 aliphatic heterocycles. The summed E-state index contributed by atoms with van der Waals surface area (Å²) >= 11 is 0. The highest BCUT2D eigenvalue weighted by atomic mass is 19.4. The average molecular weight is 355 g/mol. The molecule has 0 saturated heterocycles. The molecule has 25 heavy (non-hydrogen) atoms. The van der Waals surface area contributed by atoms with Crippen molar-refractivity contribution < 1.29 is 32.6 Å². The number of nitrogens with one attached hydrogen (secondary N) is 1. The largest absolute Gasteiger partial charge is 0.573 e. The minimum Gasteiger partial charge on any atom is -0.481 e. The van der Waals surface area contributed by atoms with E-state index >= 15 is 0 Å². The molecule has 10 heteroatoms. The molecule has 0 aliphatic carbocycles. The van der Waals surface area contributed by atoms with E-state index in [-0.39, 0.29) is 5.56 Å². The lowest BCUT2D eigenvalue weighted by atomic mass is 10.0. The number of hydrogen-bond acceptors (Lipinski definition) is 5. The van der Waals surface area contributed by atoms with Crippen LogP contribution in [0, 0.1) is 0 Å². The van der Waals surface area contributed by atoms with Gasteiger partial charge in [-0.05, 0) is 23.8 Å². The summed E-state index contributed by atoms with van der Waals surface area (Å²) in [5.74, 6) is -2.22. The predicted octanol–water partition coefficient (Wildman–Crippen LogP) is 2.32. The lowest BCUT2D eigenvalue weighted by Crippen LogP contribution is -2.30. The van der Waals surface area contributed by atoms with Crippen LogP contribution in [0.2, 0.25) is 0 Å². The van der Waals surface area contributed by atoms with Crippen LogP contribution in [0.4, 0.5) is 13.2 Å². The maximum Gasteiger partial charge on any atom is 0.573 e. The smallest absolute Gasteiger partial charge is 0.481 e. The van der Waals surface area contributed by atoms with E-state index in [1.54, 1.807) is 0 Å².